The lowest BCUT2D eigenvalue weighted by Crippen LogP contribution is -2.03. The molecule has 94 valence electrons. The molecule has 1 heterocycles. The Morgan fingerprint density at radius 1 is 1.16 bits per heavy atom. The van der Waals surface area contributed by atoms with E-state index in [4.69, 9.17) is 4.42 Å². The van der Waals surface area contributed by atoms with Gasteiger partial charge in [-0.05, 0) is 36.4 Å². The fourth-order valence-electron chi connectivity index (χ4n) is 1.79. The van der Waals surface area contributed by atoms with Crippen LogP contribution < -0.4 is 5.63 Å². The van der Waals surface area contributed by atoms with Crippen molar-refractivity contribution in [2.24, 2.45) is 0 Å². The number of nitrogens with zero attached hydrogens (tertiary/aromatic N) is 1. The average Bonchev–Trinajstić information content (AvgIpc) is 2.39. The van der Waals surface area contributed by atoms with Gasteiger partial charge >= 0.3 is 5.63 Å². The van der Waals surface area contributed by atoms with Crippen LogP contribution in [0.25, 0.3) is 22.4 Å². The Labute approximate surface area is 115 Å². The molecule has 0 atom stereocenters. The molecule has 0 fully saturated rings. The molecule has 3 aromatic rings. The van der Waals surface area contributed by atoms with Crippen LogP contribution in [0.3, 0.4) is 0 Å². The predicted molar refractivity (Wildman–Crippen MR) is 73.4 cm³/mol. The Kier molecular flexibility index (Phi) is 2.91. The lowest BCUT2D eigenvalue weighted by atomic mass is 10.2. The molecule has 0 aliphatic heterocycles. The molecule has 0 aliphatic rings. The molecule has 0 radical (unpaired) electrons. The SMILES string of the molecule is O=c1oc(-c2cccc(F)c2)nc2ccc(Br)cc12. The van der Waals surface area contributed by atoms with Crippen LogP contribution >= 0.6 is 15.9 Å². The number of benzene rings is 2. The van der Waals surface area contributed by atoms with Gasteiger partial charge in [0, 0.05) is 10.0 Å². The molecule has 0 saturated heterocycles. The van der Waals surface area contributed by atoms with Crippen molar-refractivity contribution in [1.82, 2.24) is 4.98 Å². The molecule has 0 unspecified atom stereocenters. The lowest BCUT2D eigenvalue weighted by Gasteiger charge is -2.02. The maximum atomic E-state index is 13.2. The van der Waals surface area contributed by atoms with E-state index < -0.39 is 11.4 Å². The minimum Gasteiger partial charge on any atom is -0.403 e. The molecule has 5 heteroatoms. The van der Waals surface area contributed by atoms with Crippen molar-refractivity contribution in [3.05, 3.63) is 63.2 Å². The van der Waals surface area contributed by atoms with Crippen LogP contribution in [-0.4, -0.2) is 4.98 Å². The molecular formula is C14H7BrFNO2. The van der Waals surface area contributed by atoms with E-state index in [0.717, 1.165) is 4.47 Å². The molecule has 1 aromatic heterocycles. The maximum absolute atomic E-state index is 13.2. The van der Waals surface area contributed by atoms with Crippen molar-refractivity contribution in [1.29, 1.82) is 0 Å². The van der Waals surface area contributed by atoms with E-state index in [2.05, 4.69) is 20.9 Å². The van der Waals surface area contributed by atoms with Gasteiger partial charge in [0.2, 0.25) is 5.89 Å². The monoisotopic (exact) mass is 319 g/mol. The van der Waals surface area contributed by atoms with Gasteiger partial charge in [0.1, 0.15) is 5.82 Å². The standard InChI is InChI=1S/C14H7BrFNO2/c15-9-4-5-12-11(7-9)14(18)19-13(17-12)8-2-1-3-10(16)6-8/h1-7H. The molecule has 0 bridgehead atoms. The Balaban J connectivity index is 2.27. The van der Waals surface area contributed by atoms with Crippen molar-refractivity contribution >= 4 is 26.8 Å². The Morgan fingerprint density at radius 3 is 2.79 bits per heavy atom. The van der Waals surface area contributed by atoms with Crippen LogP contribution in [-0.2, 0) is 0 Å². The van der Waals surface area contributed by atoms with Crippen molar-refractivity contribution < 1.29 is 8.81 Å². The van der Waals surface area contributed by atoms with Gasteiger partial charge in [0.05, 0.1) is 10.9 Å². The third kappa shape index (κ3) is 2.29. The number of rotatable bonds is 1. The predicted octanol–water partition coefficient (Wildman–Crippen LogP) is 3.76. The van der Waals surface area contributed by atoms with Crippen LogP contribution in [0.15, 0.2) is 56.1 Å². The molecule has 0 amide bonds. The largest absolute Gasteiger partial charge is 0.403 e. The molecule has 3 rings (SSSR count). The summed E-state index contributed by atoms with van der Waals surface area (Å²) in [5.74, 6) is -0.294. The molecule has 2 aromatic carbocycles. The summed E-state index contributed by atoms with van der Waals surface area (Å²) in [6, 6.07) is 10.9. The van der Waals surface area contributed by atoms with Crippen molar-refractivity contribution in [3.8, 4) is 11.5 Å². The number of hydrogen-bond donors (Lipinski definition) is 0. The third-order valence-corrected chi connectivity index (χ3v) is 3.15. The summed E-state index contributed by atoms with van der Waals surface area (Å²) in [4.78, 5) is 16.1. The first-order valence-corrected chi connectivity index (χ1v) is 6.29. The van der Waals surface area contributed by atoms with Gasteiger partial charge in [-0.15, -0.1) is 0 Å². The fourth-order valence-corrected chi connectivity index (χ4v) is 2.15. The maximum Gasteiger partial charge on any atom is 0.347 e. The van der Waals surface area contributed by atoms with Crippen LogP contribution in [0.1, 0.15) is 0 Å². The zero-order chi connectivity index (χ0) is 13.4. The first kappa shape index (κ1) is 12.0. The zero-order valence-electron chi connectivity index (χ0n) is 9.56. The van der Waals surface area contributed by atoms with Crippen LogP contribution in [0, 0.1) is 5.82 Å². The Hall–Kier alpha value is -2.01. The number of halogens is 2. The van der Waals surface area contributed by atoms with Crippen molar-refractivity contribution in [3.63, 3.8) is 0 Å². The number of fused-ring (bicyclic) bond motifs is 1. The second-order valence-electron chi connectivity index (χ2n) is 3.98. The van der Waals surface area contributed by atoms with Crippen LogP contribution in [0.5, 0.6) is 0 Å². The molecule has 0 saturated carbocycles. The normalized spacial score (nSPS) is 10.8. The summed E-state index contributed by atoms with van der Waals surface area (Å²) in [5.41, 5.74) is 0.450. The highest BCUT2D eigenvalue weighted by molar-refractivity contribution is 9.10. The first-order valence-electron chi connectivity index (χ1n) is 5.50. The summed E-state index contributed by atoms with van der Waals surface area (Å²) in [6.07, 6.45) is 0. The highest BCUT2D eigenvalue weighted by Gasteiger charge is 2.09. The molecule has 0 N–H and O–H groups in total. The minimum atomic E-state index is -0.495. The van der Waals surface area contributed by atoms with Gasteiger partial charge < -0.3 is 4.42 Å². The van der Waals surface area contributed by atoms with Crippen LogP contribution in [0.2, 0.25) is 0 Å². The van der Waals surface area contributed by atoms with E-state index in [9.17, 15) is 9.18 Å². The Morgan fingerprint density at radius 2 is 2.00 bits per heavy atom. The first-order chi connectivity index (χ1) is 9.13. The minimum absolute atomic E-state index is 0.110. The smallest absolute Gasteiger partial charge is 0.347 e. The molecule has 3 nitrogen and oxygen atoms in total. The Bertz CT molecular complexity index is 829. The van der Waals surface area contributed by atoms with Gasteiger partial charge in [0.15, 0.2) is 0 Å². The van der Waals surface area contributed by atoms with E-state index in [1.165, 1.54) is 18.2 Å². The number of hydrogen-bond acceptors (Lipinski definition) is 3. The van der Waals surface area contributed by atoms with Gasteiger partial charge in [0.25, 0.3) is 0 Å². The average molecular weight is 320 g/mol. The summed E-state index contributed by atoms with van der Waals surface area (Å²) in [6.45, 7) is 0. The molecule has 0 spiro atoms. The molecule has 19 heavy (non-hydrogen) atoms. The summed E-state index contributed by atoms with van der Waals surface area (Å²) >= 11 is 3.28. The van der Waals surface area contributed by atoms with Gasteiger partial charge in [-0.25, -0.2) is 14.2 Å². The fraction of sp³-hybridized carbons (Fsp3) is 0. The highest BCUT2D eigenvalue weighted by atomic mass is 79.9. The van der Waals surface area contributed by atoms with Crippen molar-refractivity contribution in [2.75, 3.05) is 0 Å². The summed E-state index contributed by atoms with van der Waals surface area (Å²) in [5, 5.41) is 0.384. The lowest BCUT2D eigenvalue weighted by molar-refractivity contribution is 0.517. The van der Waals surface area contributed by atoms with E-state index in [-0.39, 0.29) is 5.89 Å². The van der Waals surface area contributed by atoms with Crippen LogP contribution in [0.4, 0.5) is 4.39 Å². The van der Waals surface area contributed by atoms with E-state index in [1.54, 1.807) is 24.3 Å². The second kappa shape index (κ2) is 4.59. The second-order valence-corrected chi connectivity index (χ2v) is 4.89. The third-order valence-electron chi connectivity index (χ3n) is 2.66. The topological polar surface area (TPSA) is 43.1 Å². The van der Waals surface area contributed by atoms with E-state index in [0.29, 0.717) is 16.5 Å². The quantitative estimate of drug-likeness (QED) is 0.686. The van der Waals surface area contributed by atoms with E-state index in [1.807, 2.05) is 0 Å². The molecule has 0 aliphatic carbocycles. The van der Waals surface area contributed by atoms with Gasteiger partial charge in [-0.1, -0.05) is 22.0 Å². The van der Waals surface area contributed by atoms with E-state index >= 15 is 0 Å². The molecular weight excluding hydrogens is 313 g/mol. The summed E-state index contributed by atoms with van der Waals surface area (Å²) < 4.78 is 19.1. The zero-order valence-corrected chi connectivity index (χ0v) is 11.1. The summed E-state index contributed by atoms with van der Waals surface area (Å²) in [7, 11) is 0. The van der Waals surface area contributed by atoms with Crippen molar-refractivity contribution in [2.45, 2.75) is 0 Å². The van der Waals surface area contributed by atoms with Gasteiger partial charge in [-0.3, -0.25) is 0 Å². The van der Waals surface area contributed by atoms with Gasteiger partial charge in [-0.2, -0.15) is 0 Å². The number of aromatic nitrogens is 1. The highest BCUT2D eigenvalue weighted by Crippen LogP contribution is 2.21.